The third-order valence-corrected chi connectivity index (χ3v) is 10.3. The lowest BCUT2D eigenvalue weighted by Crippen LogP contribution is -2.35. The van der Waals surface area contributed by atoms with Crippen LogP contribution in [0.25, 0.3) is 11.0 Å². The highest BCUT2D eigenvalue weighted by molar-refractivity contribution is 7.97. The molecule has 2 aliphatic heterocycles. The topological polar surface area (TPSA) is 175 Å². The lowest BCUT2D eigenvalue weighted by molar-refractivity contribution is -0.195. The number of anilines is 1. The van der Waals surface area contributed by atoms with Crippen molar-refractivity contribution in [2.45, 2.75) is 50.7 Å². The number of hydrogen-bond donors (Lipinski definition) is 3. The number of ether oxygens (including phenoxy) is 3. The molecule has 206 valence electrons. The summed E-state index contributed by atoms with van der Waals surface area (Å²) in [5.74, 6) is -1.36. The number of sulfone groups is 1. The highest BCUT2D eigenvalue weighted by Gasteiger charge is 2.57. The molecule has 1 aromatic carbocycles. The zero-order valence-corrected chi connectivity index (χ0v) is 23.3. The zero-order chi connectivity index (χ0) is 27.5. The number of hydrogen-bond acceptors (Lipinski definition) is 10. The molecule has 13 nitrogen and oxygen atoms in total. The van der Waals surface area contributed by atoms with Gasteiger partial charge in [0.05, 0.1) is 17.3 Å². The van der Waals surface area contributed by atoms with Gasteiger partial charge in [-0.2, -0.15) is 15.1 Å². The van der Waals surface area contributed by atoms with E-state index < -0.39 is 59.0 Å². The Labute approximate surface area is 227 Å². The van der Waals surface area contributed by atoms with E-state index in [4.69, 9.17) is 37.4 Å². The minimum absolute atomic E-state index is 0.0693. The maximum absolute atomic E-state index is 12.5. The molecule has 0 unspecified atom stereocenters. The molecular weight excluding hydrogens is 584 g/mol. The van der Waals surface area contributed by atoms with Crippen LogP contribution in [0.5, 0.6) is 0 Å². The second kappa shape index (κ2) is 9.95. The normalized spacial score (nSPS) is 25.1. The molecule has 17 heteroatoms. The van der Waals surface area contributed by atoms with Crippen molar-refractivity contribution in [2.24, 2.45) is 0 Å². The molecule has 0 aliphatic carbocycles. The number of nitrogens with one attached hydrogen (secondary N) is 1. The maximum atomic E-state index is 12.5. The molecule has 0 spiro atoms. The van der Waals surface area contributed by atoms with Crippen molar-refractivity contribution in [3.05, 3.63) is 46.3 Å². The molecule has 0 saturated carbocycles. The van der Waals surface area contributed by atoms with Gasteiger partial charge in [-0.25, -0.2) is 13.1 Å². The van der Waals surface area contributed by atoms with Gasteiger partial charge in [-0.05, 0) is 37.1 Å². The van der Waals surface area contributed by atoms with Gasteiger partial charge in [-0.3, -0.25) is 4.57 Å². The fourth-order valence-electron chi connectivity index (χ4n) is 4.59. The average molecular weight is 608 g/mol. The van der Waals surface area contributed by atoms with Crippen molar-refractivity contribution in [3.8, 4) is 0 Å². The fraction of sp³-hybridized carbons (Fsp3) is 0.476. The van der Waals surface area contributed by atoms with Gasteiger partial charge in [0.15, 0.2) is 33.0 Å². The monoisotopic (exact) mass is 607 g/mol. The summed E-state index contributed by atoms with van der Waals surface area (Å²) in [5.41, 5.74) is -0.174. The van der Waals surface area contributed by atoms with Crippen molar-refractivity contribution in [1.82, 2.24) is 19.7 Å². The van der Waals surface area contributed by atoms with Crippen LogP contribution in [0.4, 0.5) is 5.82 Å². The number of fused-ring (bicyclic) bond motifs is 2. The van der Waals surface area contributed by atoms with E-state index in [-0.39, 0.29) is 5.28 Å². The van der Waals surface area contributed by atoms with Crippen LogP contribution in [0, 0.1) is 0 Å². The van der Waals surface area contributed by atoms with Gasteiger partial charge < -0.3 is 29.3 Å². The van der Waals surface area contributed by atoms with E-state index in [1.165, 1.54) is 10.9 Å². The maximum Gasteiger partial charge on any atom is 0.340 e. The Morgan fingerprint density at radius 2 is 1.87 bits per heavy atom. The van der Waals surface area contributed by atoms with Crippen LogP contribution in [0.2, 0.25) is 10.3 Å². The van der Waals surface area contributed by atoms with Crippen LogP contribution in [-0.2, 0) is 35.2 Å². The molecule has 3 N–H and O–H groups in total. The van der Waals surface area contributed by atoms with E-state index >= 15 is 0 Å². The molecule has 38 heavy (non-hydrogen) atoms. The first-order valence-corrected chi connectivity index (χ1v) is 15.7. The summed E-state index contributed by atoms with van der Waals surface area (Å²) in [7, 11) is -9.02. The van der Waals surface area contributed by atoms with Gasteiger partial charge in [0, 0.05) is 11.6 Å². The second-order valence-corrected chi connectivity index (χ2v) is 14.4. The lowest BCUT2D eigenvalue weighted by atomic mass is 10.1. The minimum atomic E-state index is -4.82. The Morgan fingerprint density at radius 1 is 1.16 bits per heavy atom. The molecule has 2 fully saturated rings. The smallest absolute Gasteiger partial charge is 0.340 e. The SMILES string of the molecule is CC1(C)O[C@@H]2[C@H](O1)[C@@H](CS(=O)(=O)CP(=O)(O)O)O[C@H]2n1ncc2c(NCc3ccccc3Cl)nc(Cl)nc21. The zero-order valence-electron chi connectivity index (χ0n) is 20.1. The molecule has 0 amide bonds. The summed E-state index contributed by atoms with van der Waals surface area (Å²) in [6.45, 7) is 3.68. The van der Waals surface area contributed by atoms with E-state index in [0.29, 0.717) is 28.4 Å². The molecule has 0 radical (unpaired) electrons. The standard InChI is InChI=1S/C21H24Cl2N5O8PS/c1-21(2)35-15-14(9-38(32,33)10-37(29,30)31)34-19(16(15)36-21)28-18-12(8-25-28)17(26-20(23)27-18)24-7-11-5-3-4-6-13(11)22/h3-6,8,14-16,19H,7,9-10H2,1-2H3,(H,24,26,27)(H2,29,30,31)/t14-,15-,16-,19-/m1/s1. The van der Waals surface area contributed by atoms with Gasteiger partial charge in [-0.15, -0.1) is 0 Å². The number of nitrogens with zero attached hydrogens (tertiary/aromatic N) is 4. The predicted octanol–water partition coefficient (Wildman–Crippen LogP) is 2.71. The van der Waals surface area contributed by atoms with Gasteiger partial charge >= 0.3 is 7.60 Å². The third-order valence-electron chi connectivity index (χ3n) is 5.98. The molecule has 2 saturated heterocycles. The molecule has 2 aromatic heterocycles. The van der Waals surface area contributed by atoms with Gasteiger partial charge in [0.1, 0.15) is 24.1 Å². The largest absolute Gasteiger partial charge is 0.365 e. The molecule has 2 aliphatic rings. The number of halogens is 2. The third kappa shape index (κ3) is 5.83. The van der Waals surface area contributed by atoms with Crippen molar-refractivity contribution in [1.29, 1.82) is 0 Å². The Bertz CT molecular complexity index is 1530. The lowest BCUT2D eigenvalue weighted by Gasteiger charge is -2.24. The highest BCUT2D eigenvalue weighted by Crippen LogP contribution is 2.45. The van der Waals surface area contributed by atoms with Gasteiger partial charge in [-0.1, -0.05) is 29.8 Å². The molecule has 3 aromatic rings. The van der Waals surface area contributed by atoms with Crippen molar-refractivity contribution < 1.29 is 37.0 Å². The molecule has 5 rings (SSSR count). The Kier molecular flexibility index (Phi) is 7.25. The number of aromatic nitrogens is 4. The molecule has 0 bridgehead atoms. The van der Waals surface area contributed by atoms with Gasteiger partial charge in [0.25, 0.3) is 0 Å². The van der Waals surface area contributed by atoms with Crippen LogP contribution in [-0.4, -0.2) is 73.3 Å². The van der Waals surface area contributed by atoms with E-state index in [9.17, 15) is 22.8 Å². The van der Waals surface area contributed by atoms with E-state index in [2.05, 4.69) is 20.4 Å². The van der Waals surface area contributed by atoms with Crippen molar-refractivity contribution >= 4 is 57.5 Å². The van der Waals surface area contributed by atoms with E-state index in [1.54, 1.807) is 19.9 Å². The highest BCUT2D eigenvalue weighted by atomic mass is 35.5. The summed E-state index contributed by atoms with van der Waals surface area (Å²) in [6.07, 6.45) is -2.19. The fourth-order valence-corrected chi connectivity index (χ4v) is 8.20. The first-order valence-electron chi connectivity index (χ1n) is 11.4. The predicted molar refractivity (Wildman–Crippen MR) is 138 cm³/mol. The van der Waals surface area contributed by atoms with E-state index in [1.807, 2.05) is 18.2 Å². The quantitative estimate of drug-likeness (QED) is 0.252. The number of rotatable bonds is 8. The average Bonchev–Trinajstić information content (AvgIpc) is 3.42. The summed E-state index contributed by atoms with van der Waals surface area (Å²) < 4.78 is 55.7. The summed E-state index contributed by atoms with van der Waals surface area (Å²) in [4.78, 5) is 26.9. The second-order valence-electron chi connectivity index (χ2n) is 9.45. The van der Waals surface area contributed by atoms with Crippen LogP contribution in [0.1, 0.15) is 25.6 Å². The Balaban J connectivity index is 1.46. The first kappa shape index (κ1) is 27.7. The first-order chi connectivity index (χ1) is 17.7. The van der Waals surface area contributed by atoms with Crippen LogP contribution in [0.15, 0.2) is 30.5 Å². The Hall–Kier alpha value is -1.87. The van der Waals surface area contributed by atoms with Crippen molar-refractivity contribution in [2.75, 3.05) is 16.6 Å². The molecule has 4 atom stereocenters. The van der Waals surface area contributed by atoms with E-state index in [0.717, 1.165) is 5.56 Å². The Morgan fingerprint density at radius 3 is 2.58 bits per heavy atom. The van der Waals surface area contributed by atoms with Crippen LogP contribution >= 0.6 is 30.8 Å². The summed E-state index contributed by atoms with van der Waals surface area (Å²) in [6, 6.07) is 7.32. The molecule has 4 heterocycles. The van der Waals surface area contributed by atoms with Crippen molar-refractivity contribution in [3.63, 3.8) is 0 Å². The number of benzene rings is 1. The summed E-state index contributed by atoms with van der Waals surface area (Å²) >= 11 is 12.5. The minimum Gasteiger partial charge on any atom is -0.365 e. The van der Waals surface area contributed by atoms with Crippen LogP contribution < -0.4 is 5.32 Å². The molecular formula is C21H24Cl2N5O8PS. The van der Waals surface area contributed by atoms with Gasteiger partial charge in [0.2, 0.25) is 5.28 Å². The summed E-state index contributed by atoms with van der Waals surface area (Å²) in [5, 5.41) is 8.62. The van der Waals surface area contributed by atoms with Crippen LogP contribution in [0.3, 0.4) is 0 Å².